The Bertz CT molecular complexity index is 2620. The maximum atomic E-state index is 13.1. The molecule has 69 heavy (non-hydrogen) atoms. The molecule has 8 rings (SSSR count). The Morgan fingerprint density at radius 2 is 1.03 bits per heavy atom. The predicted molar refractivity (Wildman–Crippen MR) is 257 cm³/mol. The number of rotatable bonds is 15. The number of ketones is 2. The molecule has 4 aliphatic rings. The van der Waals surface area contributed by atoms with Crippen molar-refractivity contribution in [3.63, 3.8) is 0 Å². The van der Waals surface area contributed by atoms with E-state index in [1.165, 1.54) is 9.21 Å². The van der Waals surface area contributed by atoms with Crippen molar-refractivity contribution < 1.29 is 44.8 Å². The maximum absolute atomic E-state index is 13.1. The van der Waals surface area contributed by atoms with Crippen LogP contribution in [0.3, 0.4) is 0 Å². The van der Waals surface area contributed by atoms with Crippen molar-refractivity contribution >= 4 is 53.1 Å². The number of hydrogen-bond donors (Lipinski definition) is 1. The van der Waals surface area contributed by atoms with Crippen LogP contribution in [0.1, 0.15) is 165 Å². The van der Waals surface area contributed by atoms with Gasteiger partial charge in [0.25, 0.3) is 11.8 Å². The monoisotopic (exact) mass is 1010 g/mol. The standard InChI is InChI=1S/C24H32N4O5S.C17H26N4O3.C7H7ClO2S/c1-4-24(2,3)20(29)23(30)27-14-8-12-18(27)21-25-26-22(33-21)19-13-9-15-28(19)34(31,32)16-17-10-6-5-7-11-17;1-4-17(2,3)13(22)16(23)21-10-6-8-12(21)15-20-19-14(24-15)11-7-5-9-18-11;8-11(9,10)6-7-4-2-1-3-5-7/h5-7,10-11,18-19H,4,8-9,12-16H2,1-3H3;11-12,18H,4-10H2,1-3H3;1-5H,6H2/t18-,19?;11?,12-;/m00./s1. The minimum Gasteiger partial charge on any atom is -0.421 e. The summed E-state index contributed by atoms with van der Waals surface area (Å²) in [5.74, 6) is -0.372. The van der Waals surface area contributed by atoms with Crippen molar-refractivity contribution in [2.45, 2.75) is 141 Å². The number of nitrogens with one attached hydrogen (secondary N) is 1. The molecule has 2 unspecified atom stereocenters. The third kappa shape index (κ3) is 13.5. The molecule has 4 aliphatic heterocycles. The first-order valence-electron chi connectivity index (χ1n) is 23.8. The Hall–Kier alpha value is -4.89. The normalized spacial score (nSPS) is 21.1. The third-order valence-electron chi connectivity index (χ3n) is 13.5. The first-order chi connectivity index (χ1) is 32.7. The van der Waals surface area contributed by atoms with Gasteiger partial charge in [-0.15, -0.1) is 20.4 Å². The zero-order chi connectivity index (χ0) is 50.1. The highest BCUT2D eigenvalue weighted by atomic mass is 35.7. The van der Waals surface area contributed by atoms with Gasteiger partial charge in [0.2, 0.25) is 54.2 Å². The Labute approximate surface area is 409 Å². The first kappa shape index (κ1) is 53.5. The second kappa shape index (κ2) is 22.9. The van der Waals surface area contributed by atoms with E-state index >= 15 is 0 Å². The molecule has 4 saturated heterocycles. The lowest BCUT2D eigenvalue weighted by Gasteiger charge is -2.26. The van der Waals surface area contributed by atoms with E-state index < -0.39 is 59.6 Å². The number of Topliss-reactive ketones (excluding diaryl/α,β-unsaturated/α-hetero) is 2. The summed E-state index contributed by atoms with van der Waals surface area (Å²) in [6.45, 7) is 13.3. The molecule has 376 valence electrons. The molecule has 1 N–H and O–H groups in total. The second-order valence-electron chi connectivity index (χ2n) is 19.2. The zero-order valence-electron chi connectivity index (χ0n) is 40.3. The fraction of sp³-hybridized carbons (Fsp3) is 0.583. The number of carbonyl (C=O) groups excluding carboxylic acids is 4. The molecule has 18 nitrogen and oxygen atoms in total. The number of nitrogens with zero attached hydrogens (tertiary/aromatic N) is 7. The number of benzene rings is 2. The van der Waals surface area contributed by atoms with Crippen LogP contribution in [0.2, 0.25) is 0 Å². The predicted octanol–water partition coefficient (Wildman–Crippen LogP) is 7.32. The molecule has 21 heteroatoms. The Morgan fingerprint density at radius 3 is 1.48 bits per heavy atom. The van der Waals surface area contributed by atoms with Crippen LogP contribution in [0.5, 0.6) is 0 Å². The molecule has 6 heterocycles. The van der Waals surface area contributed by atoms with Crippen LogP contribution >= 0.6 is 10.7 Å². The van der Waals surface area contributed by atoms with Crippen LogP contribution in [0.4, 0.5) is 0 Å². The van der Waals surface area contributed by atoms with E-state index in [9.17, 15) is 36.0 Å². The van der Waals surface area contributed by atoms with Crippen molar-refractivity contribution in [1.29, 1.82) is 0 Å². The fourth-order valence-corrected chi connectivity index (χ4v) is 11.3. The van der Waals surface area contributed by atoms with Gasteiger partial charge in [0.15, 0.2) is 0 Å². The van der Waals surface area contributed by atoms with E-state index in [1.807, 2.05) is 52.0 Å². The average molecular weight is 1010 g/mol. The molecule has 0 aliphatic carbocycles. The van der Waals surface area contributed by atoms with Crippen LogP contribution in [-0.4, -0.2) is 101 Å². The summed E-state index contributed by atoms with van der Waals surface area (Å²) >= 11 is 0. The highest BCUT2D eigenvalue weighted by molar-refractivity contribution is 8.13. The summed E-state index contributed by atoms with van der Waals surface area (Å²) in [5.41, 5.74) is 0.0568. The lowest BCUT2D eigenvalue weighted by molar-refractivity contribution is -0.150. The van der Waals surface area contributed by atoms with Crippen LogP contribution in [0, 0.1) is 10.8 Å². The molecule has 4 fully saturated rings. The van der Waals surface area contributed by atoms with Gasteiger partial charge >= 0.3 is 0 Å². The van der Waals surface area contributed by atoms with Crippen molar-refractivity contribution in [2.75, 3.05) is 26.2 Å². The number of sulfonamides is 1. The van der Waals surface area contributed by atoms with Crippen molar-refractivity contribution in [1.82, 2.24) is 39.8 Å². The van der Waals surface area contributed by atoms with Gasteiger partial charge in [-0.25, -0.2) is 16.8 Å². The van der Waals surface area contributed by atoms with Crippen molar-refractivity contribution in [3.05, 3.63) is 95.4 Å². The highest BCUT2D eigenvalue weighted by Gasteiger charge is 2.44. The summed E-state index contributed by atoms with van der Waals surface area (Å²) < 4.78 is 60.6. The van der Waals surface area contributed by atoms with Gasteiger partial charge in [-0.2, -0.15) is 4.31 Å². The van der Waals surface area contributed by atoms with E-state index in [0.717, 1.165) is 44.2 Å². The molecule has 2 aromatic heterocycles. The fourth-order valence-electron chi connectivity index (χ4n) is 8.59. The summed E-state index contributed by atoms with van der Waals surface area (Å²) in [4.78, 5) is 54.0. The number of likely N-dealkylation sites (tertiary alicyclic amines) is 2. The van der Waals surface area contributed by atoms with Gasteiger partial charge in [0.1, 0.15) is 18.1 Å². The Morgan fingerprint density at radius 1 is 0.609 bits per heavy atom. The largest absolute Gasteiger partial charge is 0.421 e. The van der Waals surface area contributed by atoms with Gasteiger partial charge in [0.05, 0.1) is 17.5 Å². The second-order valence-corrected chi connectivity index (χ2v) is 23.9. The molecule has 0 saturated carbocycles. The lowest BCUT2D eigenvalue weighted by atomic mass is 9.84. The summed E-state index contributed by atoms with van der Waals surface area (Å²) in [6.07, 6.45) is 7.51. The zero-order valence-corrected chi connectivity index (χ0v) is 42.7. The number of aromatic nitrogens is 4. The van der Waals surface area contributed by atoms with Crippen LogP contribution < -0.4 is 5.32 Å². The van der Waals surface area contributed by atoms with Gasteiger partial charge in [-0.05, 0) is 81.9 Å². The Kier molecular flexibility index (Phi) is 17.7. The number of halogens is 1. The van der Waals surface area contributed by atoms with Crippen LogP contribution in [0.25, 0.3) is 0 Å². The average Bonchev–Trinajstić information content (AvgIpc) is 4.18. The first-order valence-corrected chi connectivity index (χ1v) is 27.8. The SMILES string of the molecule is CCC(C)(C)C(=O)C(=O)N1CCC[C@H]1c1nnc(C2CCCN2)o1.CCC(C)(C)C(=O)C(=O)N1CCC[C@H]1c1nnc(C2CCCN2S(=O)(=O)Cc2ccccc2)o1.O=S(=O)(Cl)Cc1ccccc1. The van der Waals surface area contributed by atoms with Crippen LogP contribution in [0.15, 0.2) is 69.5 Å². The topological polar surface area (TPSA) is 236 Å². The van der Waals surface area contributed by atoms with E-state index in [-0.39, 0.29) is 41.2 Å². The molecule has 0 bridgehead atoms. The van der Waals surface area contributed by atoms with E-state index in [4.69, 9.17) is 19.5 Å². The van der Waals surface area contributed by atoms with Gasteiger partial charge < -0.3 is 24.0 Å². The minimum atomic E-state index is -3.58. The van der Waals surface area contributed by atoms with Gasteiger partial charge in [-0.3, -0.25) is 19.2 Å². The molecule has 0 radical (unpaired) electrons. The summed E-state index contributed by atoms with van der Waals surface area (Å²) in [7, 11) is -1.94. The van der Waals surface area contributed by atoms with E-state index in [1.54, 1.807) is 55.1 Å². The van der Waals surface area contributed by atoms with Crippen LogP contribution in [-0.2, 0) is 49.8 Å². The lowest BCUT2D eigenvalue weighted by Crippen LogP contribution is -2.42. The number of hydrogen-bond acceptors (Lipinski definition) is 15. The third-order valence-corrected chi connectivity index (χ3v) is 16.3. The smallest absolute Gasteiger partial charge is 0.291 e. The van der Waals surface area contributed by atoms with Gasteiger partial charge in [0, 0.05) is 41.1 Å². The molecular weight excluding hydrogens is 948 g/mol. The molecule has 2 amide bonds. The highest BCUT2D eigenvalue weighted by Crippen LogP contribution is 2.39. The van der Waals surface area contributed by atoms with E-state index in [2.05, 4.69) is 25.7 Å². The maximum Gasteiger partial charge on any atom is 0.291 e. The molecule has 4 atom stereocenters. The molecule has 2 aromatic carbocycles. The Balaban J connectivity index is 0.000000193. The number of carbonyl (C=O) groups is 4. The summed E-state index contributed by atoms with van der Waals surface area (Å²) in [6, 6.07) is 16.7. The number of amides is 2. The molecule has 0 spiro atoms. The summed E-state index contributed by atoms with van der Waals surface area (Å²) in [5, 5.41) is 20.0. The molecular formula is C48H65ClN8O10S2. The molecule has 4 aromatic rings. The quantitative estimate of drug-likeness (QED) is 0.0907. The van der Waals surface area contributed by atoms with Crippen molar-refractivity contribution in [2.24, 2.45) is 10.8 Å². The van der Waals surface area contributed by atoms with E-state index in [0.29, 0.717) is 69.1 Å². The van der Waals surface area contributed by atoms with Gasteiger partial charge in [-0.1, -0.05) is 102 Å². The van der Waals surface area contributed by atoms with Crippen molar-refractivity contribution in [3.8, 4) is 0 Å². The minimum absolute atomic E-state index is 0.0917.